The Kier molecular flexibility index (Phi) is 5.57. The quantitative estimate of drug-likeness (QED) is 0.512. The van der Waals surface area contributed by atoms with Crippen molar-refractivity contribution < 1.29 is 9.32 Å². The van der Waals surface area contributed by atoms with Gasteiger partial charge in [-0.25, -0.2) is 0 Å². The minimum absolute atomic E-state index is 0.0992. The fourth-order valence-electron chi connectivity index (χ4n) is 9.12. The Morgan fingerprint density at radius 2 is 1.69 bits per heavy atom. The first kappa shape index (κ1) is 22.8. The van der Waals surface area contributed by atoms with Crippen LogP contribution in [0.4, 0.5) is 0 Å². The Hall–Kier alpha value is -0.930. The summed E-state index contributed by atoms with van der Waals surface area (Å²) in [5.74, 6) is 2.76. The lowest BCUT2D eigenvalue weighted by molar-refractivity contribution is -0.0734. The van der Waals surface area contributed by atoms with Gasteiger partial charge in [0, 0.05) is 15.6 Å². The summed E-state index contributed by atoms with van der Waals surface area (Å²) in [6, 6.07) is 10.1. The lowest BCUT2D eigenvalue weighted by Gasteiger charge is -2.61. The van der Waals surface area contributed by atoms with Crippen LogP contribution in [0.1, 0.15) is 79.6 Å². The number of benzene rings is 1. The third-order valence-electron chi connectivity index (χ3n) is 10.9. The lowest BCUT2D eigenvalue weighted by Crippen LogP contribution is -2.54. The Balaban J connectivity index is 1.42. The predicted molar refractivity (Wildman–Crippen MR) is 133 cm³/mol. The van der Waals surface area contributed by atoms with Crippen molar-refractivity contribution in [3.8, 4) is 0 Å². The van der Waals surface area contributed by atoms with Crippen molar-refractivity contribution in [2.75, 3.05) is 0 Å². The molecule has 0 amide bonds. The molecule has 0 aromatic heterocycles. The molecular weight excluding hydrogens is 412 g/mol. The molecule has 176 valence electrons. The zero-order valence-electron chi connectivity index (χ0n) is 20.6. The smallest absolute Gasteiger partial charge is 0.0628 e. The van der Waals surface area contributed by atoms with E-state index in [1.54, 1.807) is 5.57 Å². The van der Waals surface area contributed by atoms with Crippen LogP contribution >= 0.6 is 0 Å². The van der Waals surface area contributed by atoms with Gasteiger partial charge in [0.1, 0.15) is 0 Å². The van der Waals surface area contributed by atoms with E-state index in [4.69, 9.17) is 0 Å². The maximum atomic E-state index is 13.5. The third kappa shape index (κ3) is 3.17. The van der Waals surface area contributed by atoms with Crippen LogP contribution in [-0.4, -0.2) is 20.7 Å². The second-order valence-corrected chi connectivity index (χ2v) is 14.3. The molecule has 0 bridgehead atoms. The molecule has 2 nitrogen and oxygen atoms in total. The molecule has 1 N–H and O–H groups in total. The summed E-state index contributed by atoms with van der Waals surface area (Å²) in [6.45, 7) is 11.8. The molecule has 0 aliphatic heterocycles. The first-order chi connectivity index (χ1) is 15.1. The molecule has 0 heterocycles. The second kappa shape index (κ2) is 7.80. The molecule has 5 rings (SSSR count). The number of hydrogen-bond acceptors (Lipinski definition) is 2. The molecule has 8 unspecified atom stereocenters. The molecule has 1 aromatic rings. The molecule has 3 saturated carbocycles. The number of aliphatic hydroxyl groups is 1. The number of rotatable bonds is 3. The Labute approximate surface area is 197 Å². The highest BCUT2D eigenvalue weighted by molar-refractivity contribution is 7.85. The highest BCUT2D eigenvalue weighted by atomic mass is 32.2. The van der Waals surface area contributed by atoms with Crippen molar-refractivity contribution in [3.05, 3.63) is 42.0 Å². The summed E-state index contributed by atoms with van der Waals surface area (Å²) in [6.07, 6.45) is 10.7. The van der Waals surface area contributed by atoms with Gasteiger partial charge in [0.15, 0.2) is 0 Å². The van der Waals surface area contributed by atoms with Gasteiger partial charge in [-0.1, -0.05) is 64.5 Å². The van der Waals surface area contributed by atoms with Crippen LogP contribution in [0.2, 0.25) is 0 Å². The minimum atomic E-state index is -0.938. The SMILES string of the molecule is CC(C1CCC2C3CC=C4C(C)(CC[C@H](O)C4(C)C)C3CCC21C)S(=O)c1ccccc1. The van der Waals surface area contributed by atoms with Crippen molar-refractivity contribution in [2.45, 2.75) is 95.8 Å². The van der Waals surface area contributed by atoms with Crippen molar-refractivity contribution in [3.63, 3.8) is 0 Å². The number of allylic oxidation sites excluding steroid dienone is 1. The van der Waals surface area contributed by atoms with Gasteiger partial charge in [-0.3, -0.25) is 4.21 Å². The first-order valence-corrected chi connectivity index (χ1v) is 14.2. The molecule has 0 radical (unpaired) electrons. The number of aliphatic hydroxyl groups excluding tert-OH is 1. The van der Waals surface area contributed by atoms with E-state index in [9.17, 15) is 9.32 Å². The van der Waals surface area contributed by atoms with Gasteiger partial charge in [0.25, 0.3) is 0 Å². The average molecular weight is 455 g/mol. The van der Waals surface area contributed by atoms with Gasteiger partial charge >= 0.3 is 0 Å². The zero-order chi connectivity index (χ0) is 22.9. The fraction of sp³-hybridized carbons (Fsp3) is 0.724. The first-order valence-electron chi connectivity index (χ1n) is 13.0. The van der Waals surface area contributed by atoms with Crippen LogP contribution < -0.4 is 0 Å². The summed E-state index contributed by atoms with van der Waals surface area (Å²) in [5.41, 5.74) is 1.99. The normalized spacial score (nSPS) is 44.6. The topological polar surface area (TPSA) is 37.3 Å². The van der Waals surface area contributed by atoms with E-state index in [0.29, 0.717) is 11.3 Å². The van der Waals surface area contributed by atoms with E-state index >= 15 is 0 Å². The zero-order valence-corrected chi connectivity index (χ0v) is 21.5. The van der Waals surface area contributed by atoms with Crippen LogP contribution in [-0.2, 0) is 10.8 Å². The maximum Gasteiger partial charge on any atom is 0.0628 e. The Morgan fingerprint density at radius 3 is 2.41 bits per heavy atom. The van der Waals surface area contributed by atoms with E-state index in [1.807, 2.05) is 30.3 Å². The molecule has 0 saturated heterocycles. The maximum absolute atomic E-state index is 13.5. The molecule has 0 spiro atoms. The summed E-state index contributed by atoms with van der Waals surface area (Å²) in [5, 5.41) is 11.0. The second-order valence-electron chi connectivity index (χ2n) is 12.5. The van der Waals surface area contributed by atoms with Gasteiger partial charge in [0.2, 0.25) is 0 Å². The monoisotopic (exact) mass is 454 g/mol. The highest BCUT2D eigenvalue weighted by Gasteiger charge is 2.61. The van der Waals surface area contributed by atoms with Crippen LogP contribution in [0.25, 0.3) is 0 Å². The minimum Gasteiger partial charge on any atom is -0.392 e. The molecule has 3 fully saturated rings. The predicted octanol–water partition coefficient (Wildman–Crippen LogP) is 6.76. The average Bonchev–Trinajstić information content (AvgIpc) is 3.13. The standard InChI is InChI=1S/C29H42O2S/c1-19(32(31)20-9-7-6-8-10-20)22-12-13-23-21-11-14-25-27(2,3)26(30)16-18-29(25,5)24(21)15-17-28(22,23)4/h6-10,14,19,21-24,26,30H,11-13,15-18H2,1-5H3/t19?,21?,22?,23?,24?,26-,28?,29?,32?/m0/s1. The van der Waals surface area contributed by atoms with Crippen LogP contribution in [0.3, 0.4) is 0 Å². The molecule has 4 aliphatic carbocycles. The van der Waals surface area contributed by atoms with Crippen molar-refractivity contribution in [1.82, 2.24) is 0 Å². The molecule has 3 heteroatoms. The van der Waals surface area contributed by atoms with E-state index in [2.05, 4.69) is 40.7 Å². The lowest BCUT2D eigenvalue weighted by atomic mass is 9.44. The molecule has 32 heavy (non-hydrogen) atoms. The Bertz CT molecular complexity index is 920. The number of fused-ring (bicyclic) bond motifs is 5. The van der Waals surface area contributed by atoms with E-state index in [1.165, 1.54) is 32.1 Å². The summed E-state index contributed by atoms with van der Waals surface area (Å²) in [7, 11) is -0.938. The highest BCUT2D eigenvalue weighted by Crippen LogP contribution is 2.68. The van der Waals surface area contributed by atoms with E-state index in [-0.39, 0.29) is 22.2 Å². The van der Waals surface area contributed by atoms with Crippen molar-refractivity contribution >= 4 is 10.8 Å². The number of hydrogen-bond donors (Lipinski definition) is 1. The van der Waals surface area contributed by atoms with E-state index in [0.717, 1.165) is 35.5 Å². The summed E-state index contributed by atoms with van der Waals surface area (Å²) < 4.78 is 13.5. The van der Waals surface area contributed by atoms with Gasteiger partial charge in [-0.05, 0) is 91.6 Å². The summed E-state index contributed by atoms with van der Waals surface area (Å²) >= 11 is 0. The molecular formula is C29H42O2S. The van der Waals surface area contributed by atoms with Gasteiger partial charge in [-0.2, -0.15) is 0 Å². The fourth-order valence-corrected chi connectivity index (χ4v) is 10.7. The molecule has 4 aliphatic rings. The van der Waals surface area contributed by atoms with Gasteiger partial charge in [-0.15, -0.1) is 0 Å². The third-order valence-corrected chi connectivity index (χ3v) is 12.6. The van der Waals surface area contributed by atoms with Crippen molar-refractivity contribution in [2.24, 2.45) is 39.9 Å². The van der Waals surface area contributed by atoms with Gasteiger partial charge in [0.05, 0.1) is 16.9 Å². The van der Waals surface area contributed by atoms with E-state index < -0.39 is 10.8 Å². The van der Waals surface area contributed by atoms with Gasteiger partial charge < -0.3 is 5.11 Å². The van der Waals surface area contributed by atoms with Crippen LogP contribution in [0.15, 0.2) is 46.9 Å². The molecule has 1 aromatic carbocycles. The van der Waals surface area contributed by atoms with Crippen LogP contribution in [0, 0.1) is 39.9 Å². The van der Waals surface area contributed by atoms with Crippen molar-refractivity contribution in [1.29, 1.82) is 0 Å². The molecule has 9 atom stereocenters. The Morgan fingerprint density at radius 1 is 0.969 bits per heavy atom. The van der Waals surface area contributed by atoms with Crippen LogP contribution in [0.5, 0.6) is 0 Å². The largest absolute Gasteiger partial charge is 0.392 e. The summed E-state index contributed by atoms with van der Waals surface area (Å²) in [4.78, 5) is 0.987.